The second-order valence-corrected chi connectivity index (χ2v) is 9.12. The molecule has 1 aromatic carbocycles. The number of likely N-dealkylation sites (tertiary alicyclic amines) is 1. The van der Waals surface area contributed by atoms with Gasteiger partial charge >= 0.3 is 0 Å². The molecule has 0 aromatic heterocycles. The number of nitrogens with one attached hydrogen (secondary N) is 1. The number of hydrogen-bond donors (Lipinski definition) is 2. The van der Waals surface area contributed by atoms with Crippen LogP contribution in [0.2, 0.25) is 0 Å². The summed E-state index contributed by atoms with van der Waals surface area (Å²) in [6.45, 7) is 6.52. The van der Waals surface area contributed by atoms with Gasteiger partial charge in [-0.25, -0.2) is 0 Å². The van der Waals surface area contributed by atoms with E-state index < -0.39 is 17.2 Å². The number of carbonyl (C=O) groups excluding carboxylic acids is 1. The van der Waals surface area contributed by atoms with Gasteiger partial charge in [-0.2, -0.15) is 0 Å². The molecule has 3 aliphatic heterocycles. The highest BCUT2D eigenvalue weighted by Gasteiger charge is 2.54. The fourth-order valence-electron chi connectivity index (χ4n) is 5.09. The molecule has 1 amide bonds. The van der Waals surface area contributed by atoms with Crippen LogP contribution in [0.4, 0.5) is 0 Å². The van der Waals surface area contributed by atoms with Crippen LogP contribution in [-0.2, 0) is 20.8 Å². The van der Waals surface area contributed by atoms with Gasteiger partial charge in [0.2, 0.25) is 5.91 Å². The number of aliphatic hydroxyl groups excluding tert-OH is 1. The fraction of sp³-hybridized carbons (Fsp3) is 0.696. The van der Waals surface area contributed by atoms with Crippen LogP contribution in [0.25, 0.3) is 0 Å². The van der Waals surface area contributed by atoms with Crippen LogP contribution < -0.4 is 5.32 Å². The average Bonchev–Trinajstić information content (AvgIpc) is 2.75. The van der Waals surface area contributed by atoms with Crippen molar-refractivity contribution in [2.45, 2.75) is 62.8 Å². The van der Waals surface area contributed by atoms with Crippen molar-refractivity contribution < 1.29 is 19.4 Å². The molecule has 3 aliphatic rings. The van der Waals surface area contributed by atoms with Gasteiger partial charge in [0.1, 0.15) is 6.10 Å². The average molecular weight is 403 g/mol. The zero-order chi connectivity index (χ0) is 20.3. The van der Waals surface area contributed by atoms with E-state index >= 15 is 0 Å². The Morgan fingerprint density at radius 2 is 1.83 bits per heavy atom. The van der Waals surface area contributed by atoms with Crippen LogP contribution in [0.5, 0.6) is 0 Å². The molecule has 2 N–H and O–H groups in total. The Bertz CT molecular complexity index is 683. The lowest BCUT2D eigenvalue weighted by molar-refractivity contribution is -0.208. The number of rotatable bonds is 4. The molecule has 1 aromatic rings. The first-order valence-electron chi connectivity index (χ1n) is 11.0. The lowest BCUT2D eigenvalue weighted by Crippen LogP contribution is -2.69. The number of carbonyl (C=O) groups is 1. The monoisotopic (exact) mass is 402 g/mol. The number of amides is 1. The SMILES string of the molecule is C[C@]1(NC(=O)C2CCOCC2)CCOC2(CCN(Cc3ccccc3)CC2)[C@@H]1O. The van der Waals surface area contributed by atoms with Gasteiger partial charge < -0.3 is 19.9 Å². The fourth-order valence-corrected chi connectivity index (χ4v) is 5.09. The van der Waals surface area contributed by atoms with E-state index in [0.29, 0.717) is 26.2 Å². The van der Waals surface area contributed by atoms with Gasteiger partial charge in [-0.15, -0.1) is 0 Å². The second-order valence-electron chi connectivity index (χ2n) is 9.12. The summed E-state index contributed by atoms with van der Waals surface area (Å²) in [5, 5.41) is 14.5. The largest absolute Gasteiger partial charge is 0.388 e. The third-order valence-corrected chi connectivity index (χ3v) is 7.07. The molecule has 2 atom stereocenters. The van der Waals surface area contributed by atoms with Crippen molar-refractivity contribution >= 4 is 5.91 Å². The third kappa shape index (κ3) is 4.50. The van der Waals surface area contributed by atoms with Gasteiger partial charge in [-0.05, 0) is 44.6 Å². The first-order valence-corrected chi connectivity index (χ1v) is 11.0. The standard InChI is InChI=1S/C23H34N2O4/c1-22(24-20(26)19-7-14-28-15-8-19)11-16-29-23(21(22)27)9-12-25(13-10-23)17-18-5-3-2-4-6-18/h2-6,19,21,27H,7-17H2,1H3,(H,24,26)/t21-,22+/m1/s1. The van der Waals surface area contributed by atoms with Crippen LogP contribution in [0.1, 0.15) is 44.6 Å². The zero-order valence-corrected chi connectivity index (χ0v) is 17.4. The summed E-state index contributed by atoms with van der Waals surface area (Å²) in [6, 6.07) is 10.5. The molecule has 29 heavy (non-hydrogen) atoms. The van der Waals surface area contributed by atoms with Crippen molar-refractivity contribution in [1.29, 1.82) is 0 Å². The van der Waals surface area contributed by atoms with Gasteiger partial charge in [0.25, 0.3) is 0 Å². The summed E-state index contributed by atoms with van der Waals surface area (Å²) in [7, 11) is 0. The smallest absolute Gasteiger partial charge is 0.223 e. The lowest BCUT2D eigenvalue weighted by Gasteiger charge is -2.54. The number of aliphatic hydroxyl groups is 1. The molecule has 0 bridgehead atoms. The molecule has 6 nitrogen and oxygen atoms in total. The number of nitrogens with zero attached hydrogens (tertiary/aromatic N) is 1. The minimum Gasteiger partial charge on any atom is -0.388 e. The summed E-state index contributed by atoms with van der Waals surface area (Å²) in [6.07, 6.45) is 3.01. The normalized spacial score (nSPS) is 30.9. The first-order chi connectivity index (χ1) is 14.0. The summed E-state index contributed by atoms with van der Waals surface area (Å²) < 4.78 is 11.6. The van der Waals surface area contributed by atoms with E-state index in [-0.39, 0.29) is 11.8 Å². The Labute approximate surface area is 173 Å². The number of hydrogen-bond acceptors (Lipinski definition) is 5. The predicted molar refractivity (Wildman–Crippen MR) is 110 cm³/mol. The first kappa shape index (κ1) is 20.8. The van der Waals surface area contributed by atoms with E-state index in [1.54, 1.807) is 0 Å². The van der Waals surface area contributed by atoms with Crippen molar-refractivity contribution in [1.82, 2.24) is 10.2 Å². The van der Waals surface area contributed by atoms with Crippen molar-refractivity contribution in [3.8, 4) is 0 Å². The molecule has 3 fully saturated rings. The third-order valence-electron chi connectivity index (χ3n) is 7.07. The molecule has 0 saturated carbocycles. The molecule has 6 heteroatoms. The van der Waals surface area contributed by atoms with Crippen molar-refractivity contribution in [2.75, 3.05) is 32.9 Å². The van der Waals surface area contributed by atoms with Gasteiger partial charge in [0.05, 0.1) is 11.1 Å². The summed E-state index contributed by atoms with van der Waals surface area (Å²) in [5.41, 5.74) is 0.0976. The molecule has 0 unspecified atom stereocenters. The van der Waals surface area contributed by atoms with E-state index in [1.807, 2.05) is 13.0 Å². The van der Waals surface area contributed by atoms with E-state index in [1.165, 1.54) is 5.56 Å². The topological polar surface area (TPSA) is 71.0 Å². The molecule has 1 spiro atoms. The van der Waals surface area contributed by atoms with Crippen LogP contribution >= 0.6 is 0 Å². The van der Waals surface area contributed by atoms with Crippen molar-refractivity contribution in [3.05, 3.63) is 35.9 Å². The Kier molecular flexibility index (Phi) is 6.25. The lowest BCUT2D eigenvalue weighted by atomic mass is 9.72. The van der Waals surface area contributed by atoms with Crippen molar-refractivity contribution in [3.63, 3.8) is 0 Å². The molecular formula is C23H34N2O4. The number of piperidine rings is 1. The summed E-state index contributed by atoms with van der Waals surface area (Å²) >= 11 is 0. The van der Waals surface area contributed by atoms with Gasteiger partial charge in [0.15, 0.2) is 0 Å². The minimum absolute atomic E-state index is 0.0145. The van der Waals surface area contributed by atoms with E-state index in [9.17, 15) is 9.90 Å². The maximum atomic E-state index is 12.8. The van der Waals surface area contributed by atoms with Crippen LogP contribution in [0.15, 0.2) is 30.3 Å². The number of ether oxygens (including phenoxy) is 2. The highest BCUT2D eigenvalue weighted by molar-refractivity contribution is 5.79. The summed E-state index contributed by atoms with van der Waals surface area (Å²) in [4.78, 5) is 15.2. The Morgan fingerprint density at radius 1 is 1.14 bits per heavy atom. The van der Waals surface area contributed by atoms with E-state index in [4.69, 9.17) is 9.47 Å². The highest BCUT2D eigenvalue weighted by Crippen LogP contribution is 2.40. The maximum Gasteiger partial charge on any atom is 0.223 e. The van der Waals surface area contributed by atoms with Crippen LogP contribution in [0.3, 0.4) is 0 Å². The van der Waals surface area contributed by atoms with E-state index in [0.717, 1.165) is 45.3 Å². The quantitative estimate of drug-likeness (QED) is 0.807. The van der Waals surface area contributed by atoms with Crippen LogP contribution in [0, 0.1) is 5.92 Å². The summed E-state index contributed by atoms with van der Waals surface area (Å²) in [5.74, 6) is 0.0349. The van der Waals surface area contributed by atoms with E-state index in [2.05, 4.69) is 34.5 Å². The second kappa shape index (κ2) is 8.72. The Balaban J connectivity index is 1.37. The predicted octanol–water partition coefficient (Wildman–Crippen LogP) is 2.10. The van der Waals surface area contributed by atoms with Gasteiger partial charge in [-0.3, -0.25) is 9.69 Å². The minimum atomic E-state index is -0.702. The zero-order valence-electron chi connectivity index (χ0n) is 17.4. The van der Waals surface area contributed by atoms with Crippen molar-refractivity contribution in [2.24, 2.45) is 5.92 Å². The molecule has 3 saturated heterocycles. The maximum absolute atomic E-state index is 12.8. The van der Waals surface area contributed by atoms with Gasteiger partial charge in [0, 0.05) is 45.4 Å². The highest BCUT2D eigenvalue weighted by atomic mass is 16.5. The molecule has 3 heterocycles. The Hall–Kier alpha value is -1.47. The molecule has 0 radical (unpaired) electrons. The molecular weight excluding hydrogens is 368 g/mol. The molecule has 4 rings (SSSR count). The Morgan fingerprint density at radius 3 is 2.52 bits per heavy atom. The van der Waals surface area contributed by atoms with Gasteiger partial charge in [-0.1, -0.05) is 30.3 Å². The van der Waals surface area contributed by atoms with Crippen LogP contribution in [-0.4, -0.2) is 66.1 Å². The molecule has 0 aliphatic carbocycles. The number of benzene rings is 1. The molecule has 160 valence electrons.